The van der Waals surface area contributed by atoms with Crippen LogP contribution in [0.15, 0.2) is 36.4 Å². The van der Waals surface area contributed by atoms with E-state index in [2.05, 4.69) is 5.32 Å². The maximum atomic E-state index is 12.4. The summed E-state index contributed by atoms with van der Waals surface area (Å²) in [5.41, 5.74) is 1.31. The molecule has 2 aromatic rings. The third-order valence-corrected chi connectivity index (χ3v) is 4.52. The van der Waals surface area contributed by atoms with Crippen LogP contribution in [0, 0.1) is 5.41 Å². The Morgan fingerprint density at radius 1 is 1.07 bits per heavy atom. The van der Waals surface area contributed by atoms with Gasteiger partial charge in [-0.05, 0) is 31.2 Å². The van der Waals surface area contributed by atoms with Crippen LogP contribution in [0.1, 0.15) is 38.8 Å². The lowest BCUT2D eigenvalue weighted by molar-refractivity contribution is -0.144. The van der Waals surface area contributed by atoms with E-state index in [0.29, 0.717) is 39.9 Å². The summed E-state index contributed by atoms with van der Waals surface area (Å²) < 4.78 is 16.2. The molecule has 0 aromatic heterocycles. The summed E-state index contributed by atoms with van der Waals surface area (Å²) in [4.78, 5) is 24.7. The first-order valence-corrected chi connectivity index (χ1v) is 10.1. The average Bonchev–Trinajstić information content (AvgIpc) is 2.68. The molecule has 2 rings (SSSR count). The van der Waals surface area contributed by atoms with Gasteiger partial charge in [0.15, 0.2) is 0 Å². The van der Waals surface area contributed by atoms with E-state index in [1.807, 2.05) is 27.7 Å². The smallest absolute Gasteiger partial charge is 0.310 e. The van der Waals surface area contributed by atoms with Crippen LogP contribution in [0.25, 0.3) is 0 Å². The Kier molecular flexibility index (Phi) is 8.12. The van der Waals surface area contributed by atoms with E-state index in [4.69, 9.17) is 25.8 Å². The van der Waals surface area contributed by atoms with Crippen LogP contribution in [0.5, 0.6) is 11.5 Å². The molecule has 1 amide bonds. The Balaban J connectivity index is 2.08. The highest BCUT2D eigenvalue weighted by atomic mass is 35.5. The number of rotatable bonds is 8. The second-order valence-corrected chi connectivity index (χ2v) is 8.19. The number of hydrogen-bond acceptors (Lipinski definition) is 5. The zero-order chi connectivity index (χ0) is 22.3. The highest BCUT2D eigenvalue weighted by Gasteiger charge is 2.22. The molecule has 6 nitrogen and oxygen atoms in total. The van der Waals surface area contributed by atoms with Crippen LogP contribution >= 0.6 is 11.6 Å². The van der Waals surface area contributed by atoms with Gasteiger partial charge < -0.3 is 19.5 Å². The number of amides is 1. The third-order valence-electron chi connectivity index (χ3n) is 4.29. The molecule has 0 saturated heterocycles. The molecular weight excluding hydrogens is 406 g/mol. The third kappa shape index (κ3) is 6.66. The fourth-order valence-corrected chi connectivity index (χ4v) is 2.80. The van der Waals surface area contributed by atoms with Crippen LogP contribution in [0.4, 0.5) is 5.69 Å². The molecule has 0 fully saturated rings. The number of halogens is 1. The van der Waals surface area contributed by atoms with Crippen molar-refractivity contribution in [2.75, 3.05) is 19.0 Å². The van der Waals surface area contributed by atoms with E-state index >= 15 is 0 Å². The molecule has 0 aliphatic heterocycles. The molecule has 0 saturated carbocycles. The van der Waals surface area contributed by atoms with Gasteiger partial charge in [-0.3, -0.25) is 9.59 Å². The lowest BCUT2D eigenvalue weighted by Gasteiger charge is -2.19. The Labute approximate surface area is 182 Å². The van der Waals surface area contributed by atoms with Gasteiger partial charge in [0.05, 0.1) is 20.1 Å². The number of nitrogens with one attached hydrogen (secondary N) is 1. The molecule has 7 heteroatoms. The first-order chi connectivity index (χ1) is 14.1. The largest absolute Gasteiger partial charge is 0.496 e. The summed E-state index contributed by atoms with van der Waals surface area (Å²) in [6.45, 7) is 7.88. The van der Waals surface area contributed by atoms with Gasteiger partial charge in [0.2, 0.25) is 5.91 Å². The molecule has 0 heterocycles. The molecule has 30 heavy (non-hydrogen) atoms. The molecule has 162 valence electrons. The number of carbonyl (C=O) groups is 2. The number of methoxy groups -OCH3 is 1. The molecule has 1 N–H and O–H groups in total. The summed E-state index contributed by atoms with van der Waals surface area (Å²) in [5, 5.41) is 3.35. The molecular formula is C23H28ClNO5. The average molecular weight is 434 g/mol. The van der Waals surface area contributed by atoms with Gasteiger partial charge in [0, 0.05) is 33.3 Å². The second kappa shape index (κ2) is 10.3. The number of ether oxygens (including phenoxy) is 3. The minimum Gasteiger partial charge on any atom is -0.496 e. The van der Waals surface area contributed by atoms with Crippen molar-refractivity contribution in [1.82, 2.24) is 0 Å². The lowest BCUT2D eigenvalue weighted by Crippen LogP contribution is -2.28. The standard InChI is InChI=1S/C23H28ClNO5/c1-6-29-18-9-7-15(20(13-18)28-5)12-21(26)30-14-16-11-17(24)8-10-19(16)25-22(27)23(2,3)4/h7-11,13H,6,12,14H2,1-5H3,(H,25,27). The molecule has 0 spiro atoms. The van der Waals surface area contributed by atoms with Crippen molar-refractivity contribution in [3.63, 3.8) is 0 Å². The maximum Gasteiger partial charge on any atom is 0.310 e. The highest BCUT2D eigenvalue weighted by Crippen LogP contribution is 2.27. The summed E-state index contributed by atoms with van der Waals surface area (Å²) in [6, 6.07) is 10.3. The normalized spacial score (nSPS) is 11.0. The predicted molar refractivity (Wildman–Crippen MR) is 117 cm³/mol. The van der Waals surface area contributed by atoms with Gasteiger partial charge in [-0.25, -0.2) is 0 Å². The first-order valence-electron chi connectivity index (χ1n) is 9.69. The van der Waals surface area contributed by atoms with Crippen molar-refractivity contribution in [3.8, 4) is 11.5 Å². The van der Waals surface area contributed by atoms with E-state index in [0.717, 1.165) is 0 Å². The van der Waals surface area contributed by atoms with Crippen molar-refractivity contribution in [1.29, 1.82) is 0 Å². The fraction of sp³-hybridized carbons (Fsp3) is 0.391. The number of esters is 1. The fourth-order valence-electron chi connectivity index (χ4n) is 2.61. The van der Waals surface area contributed by atoms with Crippen LogP contribution in [-0.4, -0.2) is 25.6 Å². The lowest BCUT2D eigenvalue weighted by atomic mass is 9.95. The Bertz CT molecular complexity index is 905. The monoisotopic (exact) mass is 433 g/mol. The number of benzene rings is 2. The number of hydrogen-bond donors (Lipinski definition) is 1. The first kappa shape index (κ1) is 23.5. The van der Waals surface area contributed by atoms with Crippen molar-refractivity contribution < 1.29 is 23.8 Å². The van der Waals surface area contributed by atoms with E-state index in [9.17, 15) is 9.59 Å². The molecule has 0 aliphatic carbocycles. The van der Waals surface area contributed by atoms with Crippen LogP contribution in [0.3, 0.4) is 0 Å². The summed E-state index contributed by atoms with van der Waals surface area (Å²) >= 11 is 6.09. The molecule has 0 radical (unpaired) electrons. The molecule has 0 bridgehead atoms. The zero-order valence-electron chi connectivity index (χ0n) is 18.0. The predicted octanol–water partition coefficient (Wildman–Crippen LogP) is 5.02. The van der Waals surface area contributed by atoms with E-state index in [1.165, 1.54) is 7.11 Å². The Morgan fingerprint density at radius 3 is 2.43 bits per heavy atom. The zero-order valence-corrected chi connectivity index (χ0v) is 18.8. The quantitative estimate of drug-likeness (QED) is 0.592. The van der Waals surface area contributed by atoms with Gasteiger partial charge in [0.25, 0.3) is 0 Å². The van der Waals surface area contributed by atoms with Gasteiger partial charge in [-0.2, -0.15) is 0 Å². The van der Waals surface area contributed by atoms with Gasteiger partial charge in [-0.15, -0.1) is 0 Å². The van der Waals surface area contributed by atoms with Gasteiger partial charge in [0.1, 0.15) is 18.1 Å². The van der Waals surface area contributed by atoms with E-state index in [1.54, 1.807) is 36.4 Å². The van der Waals surface area contributed by atoms with E-state index < -0.39 is 11.4 Å². The van der Waals surface area contributed by atoms with Crippen LogP contribution in [-0.2, 0) is 27.4 Å². The molecule has 0 atom stereocenters. The Hall–Kier alpha value is -2.73. The van der Waals surface area contributed by atoms with Crippen molar-refractivity contribution in [2.24, 2.45) is 5.41 Å². The highest BCUT2D eigenvalue weighted by molar-refractivity contribution is 6.30. The van der Waals surface area contributed by atoms with Gasteiger partial charge >= 0.3 is 5.97 Å². The summed E-state index contributed by atoms with van der Waals surface area (Å²) in [5.74, 6) is 0.658. The van der Waals surface area contributed by atoms with Crippen LogP contribution in [0.2, 0.25) is 5.02 Å². The minimum absolute atomic E-state index is 0.0154. The number of anilines is 1. The number of carbonyl (C=O) groups excluding carboxylic acids is 2. The molecule has 2 aromatic carbocycles. The Morgan fingerprint density at radius 2 is 1.80 bits per heavy atom. The maximum absolute atomic E-state index is 12.4. The SMILES string of the molecule is CCOc1ccc(CC(=O)OCc2cc(Cl)ccc2NC(=O)C(C)(C)C)c(OC)c1. The van der Waals surface area contributed by atoms with Crippen molar-refractivity contribution in [2.45, 2.75) is 40.7 Å². The summed E-state index contributed by atoms with van der Waals surface area (Å²) in [6.07, 6.45) is 0.0415. The second-order valence-electron chi connectivity index (χ2n) is 7.75. The van der Waals surface area contributed by atoms with Crippen molar-refractivity contribution in [3.05, 3.63) is 52.5 Å². The minimum atomic E-state index is -0.558. The van der Waals surface area contributed by atoms with Crippen molar-refractivity contribution >= 4 is 29.2 Å². The van der Waals surface area contributed by atoms with E-state index in [-0.39, 0.29) is 18.9 Å². The summed E-state index contributed by atoms with van der Waals surface area (Å²) in [7, 11) is 1.54. The molecule has 0 aliphatic rings. The molecule has 0 unspecified atom stereocenters. The topological polar surface area (TPSA) is 73.9 Å². The van der Waals surface area contributed by atoms with Crippen LogP contribution < -0.4 is 14.8 Å². The van der Waals surface area contributed by atoms with Gasteiger partial charge in [-0.1, -0.05) is 38.4 Å².